The molecule has 0 spiro atoms. The molecular weight excluding hydrogens is 252 g/mol. The van der Waals surface area contributed by atoms with Gasteiger partial charge in [0.25, 0.3) is 0 Å². The van der Waals surface area contributed by atoms with Crippen LogP contribution in [-0.2, 0) is 11.2 Å². The fourth-order valence-electron chi connectivity index (χ4n) is 2.01. The largest absolute Gasteiger partial charge is 0.494 e. The van der Waals surface area contributed by atoms with Gasteiger partial charge in [-0.1, -0.05) is 32.4 Å². The first-order valence-corrected chi connectivity index (χ1v) is 7.55. The molecular formula is C17H26O3. The van der Waals surface area contributed by atoms with Crippen LogP contribution in [0.4, 0.5) is 0 Å². The maximum atomic E-state index is 10.4. The van der Waals surface area contributed by atoms with Crippen LogP contribution in [0.3, 0.4) is 0 Å². The van der Waals surface area contributed by atoms with Crippen molar-refractivity contribution in [3.05, 3.63) is 29.8 Å². The molecule has 1 N–H and O–H groups in total. The van der Waals surface area contributed by atoms with Crippen molar-refractivity contribution in [2.75, 3.05) is 6.61 Å². The van der Waals surface area contributed by atoms with E-state index in [0.29, 0.717) is 6.61 Å². The first-order chi connectivity index (χ1) is 9.61. The lowest BCUT2D eigenvalue weighted by Gasteiger charge is -2.10. The van der Waals surface area contributed by atoms with Crippen molar-refractivity contribution >= 4 is 5.97 Å². The fourth-order valence-corrected chi connectivity index (χ4v) is 2.01. The molecule has 0 aliphatic rings. The summed E-state index contributed by atoms with van der Waals surface area (Å²) < 4.78 is 5.65. The van der Waals surface area contributed by atoms with Gasteiger partial charge in [-0.15, -0.1) is 0 Å². The van der Waals surface area contributed by atoms with Gasteiger partial charge in [-0.2, -0.15) is 0 Å². The third kappa shape index (κ3) is 7.17. The summed E-state index contributed by atoms with van der Waals surface area (Å²) in [6.45, 7) is 5.14. The molecule has 1 atom stereocenters. The predicted molar refractivity (Wildman–Crippen MR) is 81.2 cm³/mol. The maximum absolute atomic E-state index is 10.4. The van der Waals surface area contributed by atoms with E-state index in [1.807, 2.05) is 12.1 Å². The third-order valence-corrected chi connectivity index (χ3v) is 3.51. The normalized spacial score (nSPS) is 12.1. The highest BCUT2D eigenvalue weighted by molar-refractivity contribution is 5.66. The zero-order chi connectivity index (χ0) is 14.8. The predicted octanol–water partition coefficient (Wildman–Crippen LogP) is 4.30. The molecule has 1 rings (SSSR count). The Morgan fingerprint density at radius 1 is 1.20 bits per heavy atom. The summed E-state index contributed by atoms with van der Waals surface area (Å²) in [6.07, 6.45) is 5.11. The van der Waals surface area contributed by atoms with E-state index in [0.717, 1.165) is 37.4 Å². The minimum absolute atomic E-state index is 0.254. The Morgan fingerprint density at radius 3 is 2.50 bits per heavy atom. The van der Waals surface area contributed by atoms with Gasteiger partial charge in [0.05, 0.1) is 6.61 Å². The molecule has 0 saturated heterocycles. The van der Waals surface area contributed by atoms with E-state index < -0.39 is 5.97 Å². The molecule has 3 heteroatoms. The van der Waals surface area contributed by atoms with E-state index in [-0.39, 0.29) is 6.42 Å². The highest BCUT2D eigenvalue weighted by Crippen LogP contribution is 2.16. The van der Waals surface area contributed by atoms with E-state index in [1.165, 1.54) is 12.0 Å². The van der Waals surface area contributed by atoms with Gasteiger partial charge in [0.1, 0.15) is 5.75 Å². The summed E-state index contributed by atoms with van der Waals surface area (Å²) in [5.41, 5.74) is 1.35. The first-order valence-electron chi connectivity index (χ1n) is 7.55. The molecule has 0 aromatic heterocycles. The summed E-state index contributed by atoms with van der Waals surface area (Å²) in [7, 11) is 0. The highest BCUT2D eigenvalue weighted by Gasteiger charge is 2.02. The van der Waals surface area contributed by atoms with Crippen LogP contribution < -0.4 is 4.74 Å². The lowest BCUT2D eigenvalue weighted by Crippen LogP contribution is -2.00. The van der Waals surface area contributed by atoms with Crippen LogP contribution in [0.5, 0.6) is 5.75 Å². The molecule has 0 radical (unpaired) electrons. The van der Waals surface area contributed by atoms with Crippen LogP contribution in [0.1, 0.15) is 51.5 Å². The topological polar surface area (TPSA) is 46.5 Å². The molecule has 112 valence electrons. The minimum atomic E-state index is -0.720. The molecule has 0 unspecified atom stereocenters. The molecule has 1 aromatic rings. The second-order valence-corrected chi connectivity index (χ2v) is 5.41. The summed E-state index contributed by atoms with van der Waals surface area (Å²) in [5, 5.41) is 8.52. The quantitative estimate of drug-likeness (QED) is 0.649. The van der Waals surface area contributed by atoms with E-state index in [1.54, 1.807) is 0 Å². The van der Waals surface area contributed by atoms with Crippen LogP contribution in [-0.4, -0.2) is 17.7 Å². The average Bonchev–Trinajstić information content (AvgIpc) is 2.44. The summed E-state index contributed by atoms with van der Waals surface area (Å²) in [6, 6.07) is 8.31. The van der Waals surface area contributed by atoms with Gasteiger partial charge in [-0.3, -0.25) is 4.79 Å². The van der Waals surface area contributed by atoms with Crippen LogP contribution in [0.15, 0.2) is 24.3 Å². The molecule has 0 fully saturated rings. The number of carbonyl (C=O) groups is 1. The molecule has 0 aliphatic heterocycles. The summed E-state index contributed by atoms with van der Waals surface area (Å²) in [5.74, 6) is 0.898. The van der Waals surface area contributed by atoms with Crippen LogP contribution in [0, 0.1) is 5.92 Å². The number of hydrogen-bond acceptors (Lipinski definition) is 2. The van der Waals surface area contributed by atoms with Gasteiger partial charge in [0.2, 0.25) is 0 Å². The van der Waals surface area contributed by atoms with Gasteiger partial charge in [0.15, 0.2) is 0 Å². The Morgan fingerprint density at radius 2 is 1.90 bits per heavy atom. The first kappa shape index (κ1) is 16.5. The van der Waals surface area contributed by atoms with Crippen molar-refractivity contribution in [2.24, 2.45) is 5.92 Å². The lowest BCUT2D eigenvalue weighted by atomic mass is 9.99. The Hall–Kier alpha value is -1.51. The van der Waals surface area contributed by atoms with Crippen molar-refractivity contribution in [2.45, 2.75) is 52.4 Å². The zero-order valence-corrected chi connectivity index (χ0v) is 12.6. The van der Waals surface area contributed by atoms with Crippen molar-refractivity contribution in [3.8, 4) is 5.75 Å². The molecule has 0 heterocycles. The number of rotatable bonds is 10. The van der Waals surface area contributed by atoms with Crippen molar-refractivity contribution < 1.29 is 14.6 Å². The monoisotopic (exact) mass is 278 g/mol. The molecule has 1 aromatic carbocycles. The second-order valence-electron chi connectivity index (χ2n) is 5.41. The van der Waals surface area contributed by atoms with E-state index >= 15 is 0 Å². The SMILES string of the molecule is CC[C@@H](C)Cc1ccc(OCCCCCC(=O)O)cc1. The molecule has 3 nitrogen and oxygen atoms in total. The number of hydrogen-bond donors (Lipinski definition) is 1. The van der Waals surface area contributed by atoms with Crippen LogP contribution in [0.25, 0.3) is 0 Å². The molecule has 0 aliphatic carbocycles. The Kier molecular flexibility index (Phi) is 7.78. The van der Waals surface area contributed by atoms with Gasteiger partial charge in [-0.05, 0) is 49.3 Å². The molecule has 0 amide bonds. The standard InChI is InChI=1S/C17H26O3/c1-3-14(2)13-15-8-10-16(11-9-15)20-12-6-4-5-7-17(18)19/h8-11,14H,3-7,12-13H2,1-2H3,(H,18,19)/t14-/m1/s1. The molecule has 0 bridgehead atoms. The minimum Gasteiger partial charge on any atom is -0.494 e. The van der Waals surface area contributed by atoms with Crippen molar-refractivity contribution in [3.63, 3.8) is 0 Å². The number of aliphatic carboxylic acids is 1. The molecule has 20 heavy (non-hydrogen) atoms. The van der Waals surface area contributed by atoms with Crippen molar-refractivity contribution in [1.82, 2.24) is 0 Å². The summed E-state index contributed by atoms with van der Waals surface area (Å²) in [4.78, 5) is 10.4. The number of carboxylic acid groups (broad SMARTS) is 1. The number of carboxylic acids is 1. The lowest BCUT2D eigenvalue weighted by molar-refractivity contribution is -0.137. The zero-order valence-electron chi connectivity index (χ0n) is 12.6. The third-order valence-electron chi connectivity index (χ3n) is 3.51. The Labute approximate surface area is 122 Å². The number of unbranched alkanes of at least 4 members (excludes halogenated alkanes) is 2. The van der Waals surface area contributed by atoms with Gasteiger partial charge < -0.3 is 9.84 Å². The number of ether oxygens (including phenoxy) is 1. The highest BCUT2D eigenvalue weighted by atomic mass is 16.5. The van der Waals surface area contributed by atoms with E-state index in [4.69, 9.17) is 9.84 Å². The van der Waals surface area contributed by atoms with Crippen LogP contribution in [0.2, 0.25) is 0 Å². The smallest absolute Gasteiger partial charge is 0.303 e. The van der Waals surface area contributed by atoms with Crippen LogP contribution >= 0.6 is 0 Å². The Bertz CT molecular complexity index is 384. The maximum Gasteiger partial charge on any atom is 0.303 e. The number of benzene rings is 1. The van der Waals surface area contributed by atoms with Crippen molar-refractivity contribution in [1.29, 1.82) is 0 Å². The molecule has 0 saturated carbocycles. The van der Waals surface area contributed by atoms with Gasteiger partial charge in [0, 0.05) is 6.42 Å². The second kappa shape index (κ2) is 9.40. The van der Waals surface area contributed by atoms with Gasteiger partial charge >= 0.3 is 5.97 Å². The van der Waals surface area contributed by atoms with Gasteiger partial charge in [-0.25, -0.2) is 0 Å². The fraction of sp³-hybridized carbons (Fsp3) is 0.588. The van der Waals surface area contributed by atoms with E-state index in [2.05, 4.69) is 26.0 Å². The van der Waals surface area contributed by atoms with E-state index in [9.17, 15) is 4.79 Å². The summed E-state index contributed by atoms with van der Waals surface area (Å²) >= 11 is 0. The average molecular weight is 278 g/mol. The Balaban J connectivity index is 2.19.